The highest BCUT2D eigenvalue weighted by molar-refractivity contribution is 7.10. The van der Waals surface area contributed by atoms with E-state index in [9.17, 15) is 0 Å². The van der Waals surface area contributed by atoms with Crippen molar-refractivity contribution in [2.24, 2.45) is 0 Å². The number of thiophene rings is 1. The summed E-state index contributed by atoms with van der Waals surface area (Å²) in [7, 11) is 0. The highest BCUT2D eigenvalue weighted by Gasteiger charge is 2.19. The van der Waals surface area contributed by atoms with Crippen LogP contribution in [-0.2, 0) is 0 Å². The zero-order valence-electron chi connectivity index (χ0n) is 7.21. The molecular formula is C9H14N2S. The maximum absolute atomic E-state index is 3.57. The summed E-state index contributed by atoms with van der Waals surface area (Å²) >= 11 is 1.82. The molecule has 0 aromatic carbocycles. The molecule has 1 saturated heterocycles. The number of hydrogen-bond donors (Lipinski definition) is 2. The number of rotatable bonds is 3. The third kappa shape index (κ3) is 1.68. The van der Waals surface area contributed by atoms with Gasteiger partial charge in [-0.2, -0.15) is 0 Å². The van der Waals surface area contributed by atoms with Crippen molar-refractivity contribution in [1.82, 2.24) is 10.6 Å². The Labute approximate surface area is 77.0 Å². The fourth-order valence-corrected chi connectivity index (χ4v) is 2.12. The first-order chi connectivity index (χ1) is 5.86. The molecule has 1 aliphatic rings. The van der Waals surface area contributed by atoms with Gasteiger partial charge in [0.25, 0.3) is 0 Å². The van der Waals surface area contributed by atoms with E-state index >= 15 is 0 Å². The first kappa shape index (κ1) is 8.23. The third-order valence-corrected chi connectivity index (χ3v) is 3.29. The monoisotopic (exact) mass is 182 g/mol. The Morgan fingerprint density at radius 2 is 2.50 bits per heavy atom. The molecule has 1 aliphatic heterocycles. The molecule has 0 radical (unpaired) electrons. The van der Waals surface area contributed by atoms with Gasteiger partial charge in [-0.1, -0.05) is 6.07 Å². The molecule has 0 unspecified atom stereocenters. The normalized spacial score (nSPS) is 20.4. The van der Waals surface area contributed by atoms with E-state index < -0.39 is 0 Å². The van der Waals surface area contributed by atoms with Gasteiger partial charge in [-0.05, 0) is 18.4 Å². The van der Waals surface area contributed by atoms with Crippen LogP contribution in [0, 0.1) is 0 Å². The van der Waals surface area contributed by atoms with Crippen molar-refractivity contribution in [3.63, 3.8) is 0 Å². The minimum atomic E-state index is 0.511. The molecule has 0 saturated carbocycles. The topological polar surface area (TPSA) is 24.1 Å². The summed E-state index contributed by atoms with van der Waals surface area (Å²) in [6.07, 6.45) is 0. The van der Waals surface area contributed by atoms with Crippen LogP contribution in [0.3, 0.4) is 0 Å². The van der Waals surface area contributed by atoms with Crippen molar-refractivity contribution in [3.8, 4) is 0 Å². The first-order valence-corrected chi connectivity index (χ1v) is 5.24. The largest absolute Gasteiger partial charge is 0.314 e. The van der Waals surface area contributed by atoms with Crippen LogP contribution in [-0.4, -0.2) is 19.1 Å². The summed E-state index contributed by atoms with van der Waals surface area (Å²) < 4.78 is 0. The summed E-state index contributed by atoms with van der Waals surface area (Å²) in [4.78, 5) is 1.43. The Balaban J connectivity index is 1.87. The Bertz CT molecular complexity index is 229. The van der Waals surface area contributed by atoms with Crippen LogP contribution in [0.25, 0.3) is 0 Å². The summed E-state index contributed by atoms with van der Waals surface area (Å²) in [6, 6.07) is 5.49. The molecule has 2 N–H and O–H groups in total. The van der Waals surface area contributed by atoms with Gasteiger partial charge in [0.05, 0.1) is 0 Å². The third-order valence-electron chi connectivity index (χ3n) is 2.24. The highest BCUT2D eigenvalue weighted by Crippen LogP contribution is 2.18. The Morgan fingerprint density at radius 3 is 3.00 bits per heavy atom. The molecule has 1 fully saturated rings. The molecule has 1 aromatic rings. The van der Waals surface area contributed by atoms with Crippen LogP contribution in [0.5, 0.6) is 0 Å². The predicted molar refractivity (Wildman–Crippen MR) is 52.5 cm³/mol. The van der Waals surface area contributed by atoms with Gasteiger partial charge in [0, 0.05) is 30.1 Å². The fourth-order valence-electron chi connectivity index (χ4n) is 1.38. The smallest absolute Gasteiger partial charge is 0.0389 e. The molecule has 1 atom stereocenters. The molecule has 0 bridgehead atoms. The van der Waals surface area contributed by atoms with Crippen molar-refractivity contribution >= 4 is 11.3 Å². The van der Waals surface area contributed by atoms with E-state index in [0.29, 0.717) is 12.1 Å². The average molecular weight is 182 g/mol. The van der Waals surface area contributed by atoms with Crippen LogP contribution in [0.1, 0.15) is 17.8 Å². The molecular weight excluding hydrogens is 168 g/mol. The number of hydrogen-bond acceptors (Lipinski definition) is 3. The van der Waals surface area contributed by atoms with E-state index in [1.54, 1.807) is 0 Å². The van der Waals surface area contributed by atoms with Gasteiger partial charge >= 0.3 is 0 Å². The van der Waals surface area contributed by atoms with Gasteiger partial charge in [-0.3, -0.25) is 0 Å². The second-order valence-electron chi connectivity index (χ2n) is 3.26. The SMILES string of the molecule is C[C@H](NC1CNC1)c1cccs1. The lowest BCUT2D eigenvalue weighted by atomic mass is 10.1. The molecule has 1 aromatic heterocycles. The maximum atomic E-state index is 3.57. The second-order valence-corrected chi connectivity index (χ2v) is 4.24. The van der Waals surface area contributed by atoms with Crippen molar-refractivity contribution in [3.05, 3.63) is 22.4 Å². The van der Waals surface area contributed by atoms with Gasteiger partial charge in [0.2, 0.25) is 0 Å². The van der Waals surface area contributed by atoms with Crippen molar-refractivity contribution < 1.29 is 0 Å². The fraction of sp³-hybridized carbons (Fsp3) is 0.556. The molecule has 3 heteroatoms. The summed E-state index contributed by atoms with van der Waals surface area (Å²) in [5, 5.41) is 8.95. The quantitative estimate of drug-likeness (QED) is 0.738. The lowest BCUT2D eigenvalue weighted by molar-refractivity contribution is 0.340. The molecule has 0 aliphatic carbocycles. The van der Waals surface area contributed by atoms with Gasteiger partial charge in [-0.15, -0.1) is 11.3 Å². The lowest BCUT2D eigenvalue weighted by Gasteiger charge is -2.30. The molecule has 2 rings (SSSR count). The predicted octanol–water partition coefficient (Wildman–Crippen LogP) is 1.37. The van der Waals surface area contributed by atoms with Crippen molar-refractivity contribution in [2.75, 3.05) is 13.1 Å². The first-order valence-electron chi connectivity index (χ1n) is 4.36. The summed E-state index contributed by atoms with van der Waals surface area (Å²) in [6.45, 7) is 4.47. The minimum absolute atomic E-state index is 0.511. The Kier molecular flexibility index (Phi) is 2.44. The Morgan fingerprint density at radius 1 is 1.67 bits per heavy atom. The van der Waals surface area contributed by atoms with Gasteiger partial charge in [0.1, 0.15) is 0 Å². The van der Waals surface area contributed by atoms with E-state index in [1.807, 2.05) is 11.3 Å². The van der Waals surface area contributed by atoms with Crippen molar-refractivity contribution in [2.45, 2.75) is 19.0 Å². The zero-order chi connectivity index (χ0) is 8.39. The standard InChI is InChI=1S/C9H14N2S/c1-7(9-3-2-4-12-9)11-8-5-10-6-8/h2-4,7-8,10-11H,5-6H2,1H3/t7-/m0/s1. The lowest BCUT2D eigenvalue weighted by Crippen LogP contribution is -2.55. The van der Waals surface area contributed by atoms with E-state index in [-0.39, 0.29) is 0 Å². The zero-order valence-corrected chi connectivity index (χ0v) is 8.03. The molecule has 2 nitrogen and oxygen atoms in total. The highest BCUT2D eigenvalue weighted by atomic mass is 32.1. The van der Waals surface area contributed by atoms with Gasteiger partial charge in [-0.25, -0.2) is 0 Å². The van der Waals surface area contributed by atoms with Crippen molar-refractivity contribution in [1.29, 1.82) is 0 Å². The van der Waals surface area contributed by atoms with Gasteiger partial charge in [0.15, 0.2) is 0 Å². The van der Waals surface area contributed by atoms with Crippen LogP contribution in [0.15, 0.2) is 17.5 Å². The van der Waals surface area contributed by atoms with E-state index in [2.05, 4.69) is 35.1 Å². The molecule has 2 heterocycles. The van der Waals surface area contributed by atoms with Crippen LogP contribution < -0.4 is 10.6 Å². The van der Waals surface area contributed by atoms with Crippen LogP contribution >= 0.6 is 11.3 Å². The molecule has 66 valence electrons. The second kappa shape index (κ2) is 3.56. The van der Waals surface area contributed by atoms with E-state index in [1.165, 1.54) is 4.88 Å². The average Bonchev–Trinajstić information content (AvgIpc) is 2.47. The molecule has 12 heavy (non-hydrogen) atoms. The van der Waals surface area contributed by atoms with Crippen LogP contribution in [0.2, 0.25) is 0 Å². The van der Waals surface area contributed by atoms with E-state index in [4.69, 9.17) is 0 Å². The summed E-state index contributed by atoms with van der Waals surface area (Å²) in [5.74, 6) is 0. The number of nitrogens with one attached hydrogen (secondary N) is 2. The Hall–Kier alpha value is -0.380. The van der Waals surface area contributed by atoms with E-state index in [0.717, 1.165) is 13.1 Å². The van der Waals surface area contributed by atoms with Crippen LogP contribution in [0.4, 0.5) is 0 Å². The molecule has 0 spiro atoms. The maximum Gasteiger partial charge on any atom is 0.0389 e. The molecule has 0 amide bonds. The van der Waals surface area contributed by atoms with Gasteiger partial charge < -0.3 is 10.6 Å². The minimum Gasteiger partial charge on any atom is -0.314 e. The summed E-state index contributed by atoms with van der Waals surface area (Å²) in [5.41, 5.74) is 0.